The standard InChI is InChI=1S/C13H15N3O2/c17-12-5-6-16(13(18)15-12)11-3-1-9(2-4-11)10-7-14-8-10/h1-4,10,14H,5-8H2,(H,15,17,18). The van der Waals surface area contributed by atoms with Crippen molar-refractivity contribution in [2.75, 3.05) is 24.5 Å². The Kier molecular flexibility index (Phi) is 2.76. The van der Waals surface area contributed by atoms with Gasteiger partial charge >= 0.3 is 6.03 Å². The minimum absolute atomic E-state index is 0.201. The Morgan fingerprint density at radius 2 is 1.83 bits per heavy atom. The highest BCUT2D eigenvalue weighted by Crippen LogP contribution is 2.24. The Hall–Kier alpha value is -1.88. The molecule has 2 heterocycles. The zero-order valence-corrected chi connectivity index (χ0v) is 9.98. The molecule has 18 heavy (non-hydrogen) atoms. The molecule has 3 amide bonds. The van der Waals surface area contributed by atoms with Crippen molar-refractivity contribution in [3.63, 3.8) is 0 Å². The second-order valence-electron chi connectivity index (χ2n) is 4.70. The maximum atomic E-state index is 11.7. The molecule has 2 N–H and O–H groups in total. The van der Waals surface area contributed by atoms with Crippen LogP contribution in [-0.4, -0.2) is 31.6 Å². The van der Waals surface area contributed by atoms with Gasteiger partial charge in [0.1, 0.15) is 0 Å². The predicted octanol–water partition coefficient (Wildman–Crippen LogP) is 0.820. The molecule has 0 radical (unpaired) electrons. The fraction of sp³-hybridized carbons (Fsp3) is 0.385. The fourth-order valence-electron chi connectivity index (χ4n) is 2.26. The summed E-state index contributed by atoms with van der Waals surface area (Å²) in [6.07, 6.45) is 0.361. The molecular formula is C13H15N3O2. The van der Waals surface area contributed by atoms with E-state index in [1.54, 1.807) is 4.90 Å². The van der Waals surface area contributed by atoms with Crippen LogP contribution in [0.1, 0.15) is 17.9 Å². The number of carbonyl (C=O) groups excluding carboxylic acids is 2. The van der Waals surface area contributed by atoms with Gasteiger partial charge in [0, 0.05) is 37.7 Å². The highest BCUT2D eigenvalue weighted by atomic mass is 16.2. The van der Waals surface area contributed by atoms with E-state index in [1.165, 1.54) is 5.56 Å². The van der Waals surface area contributed by atoms with Crippen LogP contribution in [0.4, 0.5) is 10.5 Å². The third-order valence-electron chi connectivity index (χ3n) is 3.51. The molecule has 0 aliphatic carbocycles. The quantitative estimate of drug-likeness (QED) is 0.811. The van der Waals surface area contributed by atoms with Crippen LogP contribution in [0.15, 0.2) is 24.3 Å². The van der Waals surface area contributed by atoms with Crippen LogP contribution in [0.3, 0.4) is 0 Å². The first-order valence-corrected chi connectivity index (χ1v) is 6.16. The van der Waals surface area contributed by atoms with Crippen molar-refractivity contribution in [2.24, 2.45) is 0 Å². The van der Waals surface area contributed by atoms with Crippen molar-refractivity contribution >= 4 is 17.6 Å². The fourth-order valence-corrected chi connectivity index (χ4v) is 2.26. The molecule has 5 nitrogen and oxygen atoms in total. The average Bonchev–Trinajstić information content (AvgIpc) is 2.28. The maximum Gasteiger partial charge on any atom is 0.328 e. The van der Waals surface area contributed by atoms with Gasteiger partial charge in [-0.3, -0.25) is 15.0 Å². The first-order chi connectivity index (χ1) is 8.74. The summed E-state index contributed by atoms with van der Waals surface area (Å²) < 4.78 is 0. The molecule has 94 valence electrons. The van der Waals surface area contributed by atoms with Gasteiger partial charge in [0.05, 0.1) is 0 Å². The summed E-state index contributed by atoms with van der Waals surface area (Å²) in [4.78, 5) is 24.4. The van der Waals surface area contributed by atoms with Gasteiger partial charge in [-0.25, -0.2) is 4.79 Å². The number of benzene rings is 1. The van der Waals surface area contributed by atoms with E-state index in [-0.39, 0.29) is 11.9 Å². The molecule has 0 spiro atoms. The van der Waals surface area contributed by atoms with Crippen LogP contribution >= 0.6 is 0 Å². The smallest absolute Gasteiger partial charge is 0.315 e. The number of nitrogens with one attached hydrogen (secondary N) is 2. The Labute approximate surface area is 105 Å². The molecule has 2 aliphatic heterocycles. The number of imide groups is 1. The van der Waals surface area contributed by atoms with E-state index in [9.17, 15) is 9.59 Å². The van der Waals surface area contributed by atoms with Gasteiger partial charge in [0.2, 0.25) is 5.91 Å². The first-order valence-electron chi connectivity index (χ1n) is 6.16. The molecule has 3 rings (SSSR count). The van der Waals surface area contributed by atoms with Gasteiger partial charge in [-0.1, -0.05) is 12.1 Å². The minimum atomic E-state index is -0.329. The van der Waals surface area contributed by atoms with Gasteiger partial charge in [0.25, 0.3) is 0 Å². The summed E-state index contributed by atoms with van der Waals surface area (Å²) in [5.74, 6) is 0.393. The zero-order chi connectivity index (χ0) is 12.5. The third-order valence-corrected chi connectivity index (χ3v) is 3.51. The van der Waals surface area contributed by atoms with E-state index in [1.807, 2.05) is 12.1 Å². The number of rotatable bonds is 2. The maximum absolute atomic E-state index is 11.7. The second kappa shape index (κ2) is 4.42. The van der Waals surface area contributed by atoms with Crippen molar-refractivity contribution in [3.8, 4) is 0 Å². The topological polar surface area (TPSA) is 61.4 Å². The molecule has 0 unspecified atom stereocenters. The number of carbonyl (C=O) groups is 2. The molecule has 1 aromatic rings. The number of urea groups is 1. The number of nitrogens with zero attached hydrogens (tertiary/aromatic N) is 1. The van der Waals surface area contributed by atoms with Gasteiger partial charge in [-0.15, -0.1) is 0 Å². The number of amides is 3. The van der Waals surface area contributed by atoms with Crippen LogP contribution in [-0.2, 0) is 4.79 Å². The average molecular weight is 245 g/mol. The highest BCUT2D eigenvalue weighted by molar-refractivity contribution is 6.05. The van der Waals surface area contributed by atoms with E-state index in [0.29, 0.717) is 18.9 Å². The summed E-state index contributed by atoms with van der Waals surface area (Å²) in [6, 6.07) is 7.69. The lowest BCUT2D eigenvalue weighted by atomic mass is 9.93. The monoisotopic (exact) mass is 245 g/mol. The molecule has 5 heteroatoms. The van der Waals surface area contributed by atoms with Crippen molar-refractivity contribution in [1.29, 1.82) is 0 Å². The van der Waals surface area contributed by atoms with Crippen LogP contribution < -0.4 is 15.5 Å². The Morgan fingerprint density at radius 1 is 1.11 bits per heavy atom. The lowest BCUT2D eigenvalue weighted by Crippen LogP contribution is -2.49. The van der Waals surface area contributed by atoms with Crippen LogP contribution in [0.5, 0.6) is 0 Å². The number of anilines is 1. The summed E-state index contributed by atoms with van der Waals surface area (Å²) in [5, 5.41) is 5.56. The Morgan fingerprint density at radius 3 is 2.39 bits per heavy atom. The van der Waals surface area contributed by atoms with Gasteiger partial charge in [0.15, 0.2) is 0 Å². The summed E-state index contributed by atoms with van der Waals surface area (Å²) in [5.41, 5.74) is 2.14. The van der Waals surface area contributed by atoms with E-state index in [0.717, 1.165) is 18.8 Å². The van der Waals surface area contributed by atoms with E-state index >= 15 is 0 Å². The van der Waals surface area contributed by atoms with Crippen molar-refractivity contribution < 1.29 is 9.59 Å². The molecule has 1 aromatic carbocycles. The highest BCUT2D eigenvalue weighted by Gasteiger charge is 2.24. The Balaban J connectivity index is 1.75. The summed E-state index contributed by atoms with van der Waals surface area (Å²) >= 11 is 0. The van der Waals surface area contributed by atoms with E-state index in [4.69, 9.17) is 0 Å². The third kappa shape index (κ3) is 1.97. The number of hydrogen-bond acceptors (Lipinski definition) is 3. The lowest BCUT2D eigenvalue weighted by Gasteiger charge is -2.29. The van der Waals surface area contributed by atoms with Crippen molar-refractivity contribution in [2.45, 2.75) is 12.3 Å². The van der Waals surface area contributed by atoms with Crippen LogP contribution in [0, 0.1) is 0 Å². The lowest BCUT2D eigenvalue weighted by molar-refractivity contribution is -0.120. The normalized spacial score (nSPS) is 20.6. The van der Waals surface area contributed by atoms with E-state index in [2.05, 4.69) is 22.8 Å². The summed E-state index contributed by atoms with van der Waals surface area (Å²) in [6.45, 7) is 2.51. The summed E-state index contributed by atoms with van der Waals surface area (Å²) in [7, 11) is 0. The van der Waals surface area contributed by atoms with Gasteiger partial charge in [-0.2, -0.15) is 0 Å². The molecule has 0 bridgehead atoms. The van der Waals surface area contributed by atoms with Crippen LogP contribution in [0.2, 0.25) is 0 Å². The number of hydrogen-bond donors (Lipinski definition) is 2. The molecule has 0 saturated carbocycles. The molecule has 2 saturated heterocycles. The predicted molar refractivity (Wildman–Crippen MR) is 67.6 cm³/mol. The van der Waals surface area contributed by atoms with Crippen molar-refractivity contribution in [1.82, 2.24) is 10.6 Å². The minimum Gasteiger partial charge on any atom is -0.315 e. The zero-order valence-electron chi connectivity index (χ0n) is 9.98. The molecule has 2 aliphatic rings. The largest absolute Gasteiger partial charge is 0.328 e. The molecular weight excluding hydrogens is 230 g/mol. The van der Waals surface area contributed by atoms with E-state index < -0.39 is 0 Å². The van der Waals surface area contributed by atoms with Gasteiger partial charge in [-0.05, 0) is 17.7 Å². The van der Waals surface area contributed by atoms with Gasteiger partial charge < -0.3 is 5.32 Å². The van der Waals surface area contributed by atoms with Crippen molar-refractivity contribution in [3.05, 3.63) is 29.8 Å². The Bertz CT molecular complexity index is 480. The van der Waals surface area contributed by atoms with Crippen LogP contribution in [0.25, 0.3) is 0 Å². The molecule has 0 atom stereocenters. The first kappa shape index (κ1) is 11.2. The second-order valence-corrected chi connectivity index (χ2v) is 4.70. The SMILES string of the molecule is O=C1CCN(c2ccc(C3CNC3)cc2)C(=O)N1. The molecule has 0 aromatic heterocycles. The molecule has 2 fully saturated rings.